The van der Waals surface area contributed by atoms with E-state index >= 15 is 0 Å². The molecule has 0 aliphatic carbocycles. The smallest absolute Gasteiger partial charge is 0.257 e. The van der Waals surface area contributed by atoms with Crippen LogP contribution in [0.4, 0.5) is 21.6 Å². The summed E-state index contributed by atoms with van der Waals surface area (Å²) in [5, 5.41) is 6.48. The molecule has 1 heterocycles. The summed E-state index contributed by atoms with van der Waals surface area (Å²) in [6.07, 6.45) is 1.47. The molecule has 0 radical (unpaired) electrons. The van der Waals surface area contributed by atoms with Crippen LogP contribution >= 0.6 is 11.6 Å². The summed E-state index contributed by atoms with van der Waals surface area (Å²) in [6.45, 7) is 1.93. The first-order chi connectivity index (χ1) is 12.0. The number of aryl methyl sites for hydroxylation is 1. The molecule has 4 nitrogen and oxygen atoms in total. The average Bonchev–Trinajstić information content (AvgIpc) is 2.61. The van der Waals surface area contributed by atoms with Crippen molar-refractivity contribution in [1.82, 2.24) is 4.98 Å². The van der Waals surface area contributed by atoms with Crippen LogP contribution < -0.4 is 10.6 Å². The number of carbonyl (C=O) groups is 1. The summed E-state index contributed by atoms with van der Waals surface area (Å²) in [4.78, 5) is 16.4. The SMILES string of the molecule is Cc1ccc(Nc2ccc(C(=O)Nc3ccc(F)cc3)cn2)cc1Cl. The third-order valence-corrected chi connectivity index (χ3v) is 3.98. The zero-order valence-electron chi connectivity index (χ0n) is 13.4. The minimum absolute atomic E-state index is 0.316. The normalized spacial score (nSPS) is 10.4. The number of rotatable bonds is 4. The van der Waals surface area contributed by atoms with E-state index in [0.717, 1.165) is 11.3 Å². The van der Waals surface area contributed by atoms with Gasteiger partial charge in [0.25, 0.3) is 5.91 Å². The first kappa shape index (κ1) is 16.9. The van der Waals surface area contributed by atoms with E-state index in [1.807, 2.05) is 25.1 Å². The fourth-order valence-corrected chi connectivity index (χ4v) is 2.34. The molecule has 3 rings (SSSR count). The molecule has 0 fully saturated rings. The molecule has 6 heteroatoms. The van der Waals surface area contributed by atoms with Crippen LogP contribution in [-0.4, -0.2) is 10.9 Å². The van der Waals surface area contributed by atoms with E-state index in [0.29, 0.717) is 22.1 Å². The summed E-state index contributed by atoms with van der Waals surface area (Å²) < 4.78 is 12.9. The highest BCUT2D eigenvalue weighted by Crippen LogP contribution is 2.22. The van der Waals surface area contributed by atoms with E-state index in [4.69, 9.17) is 11.6 Å². The molecule has 0 unspecified atom stereocenters. The molecule has 0 saturated heterocycles. The Labute approximate surface area is 149 Å². The topological polar surface area (TPSA) is 54.0 Å². The maximum Gasteiger partial charge on any atom is 0.257 e. The predicted octanol–water partition coefficient (Wildman–Crippen LogP) is 5.18. The van der Waals surface area contributed by atoms with Crippen molar-refractivity contribution < 1.29 is 9.18 Å². The molecule has 1 aromatic heterocycles. The number of amides is 1. The maximum atomic E-state index is 12.9. The number of halogens is 2. The second-order valence-electron chi connectivity index (χ2n) is 5.48. The van der Waals surface area contributed by atoms with E-state index in [2.05, 4.69) is 15.6 Å². The molecule has 0 aliphatic rings. The molecular weight excluding hydrogens is 341 g/mol. The molecule has 25 heavy (non-hydrogen) atoms. The summed E-state index contributed by atoms with van der Waals surface area (Å²) in [5.41, 5.74) is 2.72. The van der Waals surface area contributed by atoms with Gasteiger partial charge in [0.2, 0.25) is 0 Å². The van der Waals surface area contributed by atoms with Gasteiger partial charge in [-0.15, -0.1) is 0 Å². The second-order valence-corrected chi connectivity index (χ2v) is 5.89. The Morgan fingerprint density at radius 1 is 1.04 bits per heavy atom. The molecule has 0 saturated carbocycles. The van der Waals surface area contributed by atoms with E-state index in [1.54, 1.807) is 12.1 Å². The van der Waals surface area contributed by atoms with Gasteiger partial charge in [0.05, 0.1) is 5.56 Å². The first-order valence-electron chi connectivity index (χ1n) is 7.57. The molecule has 1 amide bonds. The van der Waals surface area contributed by atoms with Crippen molar-refractivity contribution in [2.75, 3.05) is 10.6 Å². The van der Waals surface area contributed by atoms with Crippen LogP contribution in [0.5, 0.6) is 0 Å². The summed E-state index contributed by atoms with van der Waals surface area (Å²) >= 11 is 6.10. The minimum Gasteiger partial charge on any atom is -0.340 e. The lowest BCUT2D eigenvalue weighted by atomic mass is 10.2. The Bertz CT molecular complexity index is 896. The first-order valence-corrected chi connectivity index (χ1v) is 7.95. The van der Waals surface area contributed by atoms with Crippen molar-refractivity contribution in [1.29, 1.82) is 0 Å². The fourth-order valence-electron chi connectivity index (χ4n) is 2.16. The van der Waals surface area contributed by atoms with Gasteiger partial charge >= 0.3 is 0 Å². The minimum atomic E-state index is -0.355. The fraction of sp³-hybridized carbons (Fsp3) is 0.0526. The molecule has 0 atom stereocenters. The maximum absolute atomic E-state index is 12.9. The van der Waals surface area contributed by atoms with Gasteiger partial charge < -0.3 is 10.6 Å². The quantitative estimate of drug-likeness (QED) is 0.678. The van der Waals surface area contributed by atoms with Gasteiger partial charge in [0, 0.05) is 22.6 Å². The molecule has 3 aromatic rings. The third-order valence-electron chi connectivity index (χ3n) is 3.57. The van der Waals surface area contributed by atoms with E-state index in [1.165, 1.54) is 30.5 Å². The van der Waals surface area contributed by atoms with Crippen molar-refractivity contribution in [3.63, 3.8) is 0 Å². The van der Waals surface area contributed by atoms with Gasteiger partial charge in [-0.2, -0.15) is 0 Å². The van der Waals surface area contributed by atoms with Gasteiger partial charge in [-0.1, -0.05) is 17.7 Å². The largest absolute Gasteiger partial charge is 0.340 e. The zero-order valence-corrected chi connectivity index (χ0v) is 14.1. The van der Waals surface area contributed by atoms with Crippen molar-refractivity contribution in [2.24, 2.45) is 0 Å². The standard InChI is InChI=1S/C19H15ClFN3O/c1-12-2-6-16(10-17(12)20)23-18-9-3-13(11-22-18)19(25)24-15-7-4-14(21)5-8-15/h2-11H,1H3,(H,22,23)(H,24,25). The van der Waals surface area contributed by atoms with Crippen molar-refractivity contribution in [3.8, 4) is 0 Å². The van der Waals surface area contributed by atoms with Crippen LogP contribution in [0.1, 0.15) is 15.9 Å². The molecule has 126 valence electrons. The average molecular weight is 356 g/mol. The molecular formula is C19H15ClFN3O. The van der Waals surface area contributed by atoms with Gasteiger partial charge in [-0.05, 0) is 61.0 Å². The number of pyridine rings is 1. The number of aromatic nitrogens is 1. The number of anilines is 3. The van der Waals surface area contributed by atoms with E-state index < -0.39 is 0 Å². The number of benzene rings is 2. The lowest BCUT2D eigenvalue weighted by molar-refractivity contribution is 0.102. The molecule has 2 N–H and O–H groups in total. The van der Waals surface area contributed by atoms with Crippen LogP contribution in [-0.2, 0) is 0 Å². The van der Waals surface area contributed by atoms with Crippen LogP contribution in [0.2, 0.25) is 5.02 Å². The van der Waals surface area contributed by atoms with Crippen molar-refractivity contribution in [3.05, 3.63) is 82.8 Å². The van der Waals surface area contributed by atoms with Crippen LogP contribution in [0, 0.1) is 12.7 Å². The lowest BCUT2D eigenvalue weighted by Gasteiger charge is -2.08. The lowest BCUT2D eigenvalue weighted by Crippen LogP contribution is -2.12. The predicted molar refractivity (Wildman–Crippen MR) is 98.1 cm³/mol. The number of hydrogen-bond acceptors (Lipinski definition) is 3. The van der Waals surface area contributed by atoms with Gasteiger partial charge in [0.1, 0.15) is 11.6 Å². The summed E-state index contributed by atoms with van der Waals surface area (Å²) in [5.74, 6) is -0.0754. The number of nitrogens with zero attached hydrogens (tertiary/aromatic N) is 1. The van der Waals surface area contributed by atoms with Crippen LogP contribution in [0.15, 0.2) is 60.8 Å². The summed E-state index contributed by atoms with van der Waals surface area (Å²) in [6, 6.07) is 14.6. The van der Waals surface area contributed by atoms with Crippen molar-refractivity contribution >= 4 is 34.7 Å². The highest BCUT2D eigenvalue weighted by molar-refractivity contribution is 6.31. The zero-order chi connectivity index (χ0) is 17.8. The molecule has 0 spiro atoms. The Morgan fingerprint density at radius 3 is 2.40 bits per heavy atom. The van der Waals surface area contributed by atoms with Gasteiger partial charge in [0.15, 0.2) is 0 Å². The Hall–Kier alpha value is -2.92. The van der Waals surface area contributed by atoms with Gasteiger partial charge in [-0.3, -0.25) is 4.79 Å². The van der Waals surface area contributed by atoms with E-state index in [-0.39, 0.29) is 11.7 Å². The Kier molecular flexibility index (Phi) is 4.95. The van der Waals surface area contributed by atoms with E-state index in [9.17, 15) is 9.18 Å². The molecule has 0 aliphatic heterocycles. The highest BCUT2D eigenvalue weighted by Gasteiger charge is 2.07. The summed E-state index contributed by atoms with van der Waals surface area (Å²) in [7, 11) is 0. The number of carbonyl (C=O) groups excluding carboxylic acids is 1. The highest BCUT2D eigenvalue weighted by atomic mass is 35.5. The van der Waals surface area contributed by atoms with Crippen LogP contribution in [0.3, 0.4) is 0 Å². The Balaban J connectivity index is 1.67. The molecule has 2 aromatic carbocycles. The monoisotopic (exact) mass is 355 g/mol. The second kappa shape index (κ2) is 7.32. The third kappa shape index (κ3) is 4.33. The van der Waals surface area contributed by atoms with Crippen LogP contribution in [0.25, 0.3) is 0 Å². The number of hydrogen-bond donors (Lipinski definition) is 2. The van der Waals surface area contributed by atoms with Gasteiger partial charge in [-0.25, -0.2) is 9.37 Å². The molecule has 0 bridgehead atoms. The Morgan fingerprint density at radius 2 is 1.76 bits per heavy atom. The van der Waals surface area contributed by atoms with Crippen molar-refractivity contribution in [2.45, 2.75) is 6.92 Å². The number of nitrogens with one attached hydrogen (secondary N) is 2.